The molecule has 8 nitrogen and oxygen atoms in total. The van der Waals surface area contributed by atoms with E-state index in [1.165, 1.54) is 24.3 Å². The van der Waals surface area contributed by atoms with Crippen LogP contribution >= 0.6 is 0 Å². The number of rotatable bonds is 12. The number of hydrogen-bond acceptors (Lipinski definition) is 6. The second kappa shape index (κ2) is 14.6. The zero-order valence-electron chi connectivity index (χ0n) is 26.3. The minimum absolute atomic E-state index is 0.0501. The summed E-state index contributed by atoms with van der Waals surface area (Å²) in [7, 11) is -8.46. The number of benzene rings is 4. The first kappa shape index (κ1) is 34.0. The summed E-state index contributed by atoms with van der Waals surface area (Å²) in [5.41, 5.74) is 7.27. The highest BCUT2D eigenvalue weighted by Gasteiger charge is 2.18. The van der Waals surface area contributed by atoms with Crippen LogP contribution in [0.25, 0.3) is 5.57 Å². The Bertz CT molecular complexity index is 1970. The summed E-state index contributed by atoms with van der Waals surface area (Å²) in [5.74, 6) is 0. The zero-order valence-corrected chi connectivity index (χ0v) is 27.9. The molecule has 0 bridgehead atoms. The molecular weight excluding hydrogens is 633 g/mol. The third-order valence-corrected chi connectivity index (χ3v) is 9.97. The van der Waals surface area contributed by atoms with Gasteiger partial charge in [-0.25, -0.2) is 0 Å². The lowest BCUT2D eigenvalue weighted by atomic mass is 9.90. The van der Waals surface area contributed by atoms with Gasteiger partial charge >= 0.3 is 0 Å². The summed E-state index contributed by atoms with van der Waals surface area (Å²) >= 11 is 0. The largest absolute Gasteiger partial charge is 0.367 e. The maximum atomic E-state index is 11.4. The number of likely N-dealkylation sites (N-methyl/N-ethyl adjacent to an activating group) is 1. The molecule has 0 heterocycles. The van der Waals surface area contributed by atoms with Crippen molar-refractivity contribution in [1.82, 2.24) is 4.90 Å². The van der Waals surface area contributed by atoms with E-state index in [1.807, 2.05) is 18.2 Å². The fourth-order valence-electron chi connectivity index (χ4n) is 5.68. The van der Waals surface area contributed by atoms with Crippen molar-refractivity contribution in [3.05, 3.63) is 155 Å². The first-order valence-corrected chi connectivity index (χ1v) is 18.2. The van der Waals surface area contributed by atoms with Gasteiger partial charge in [0.25, 0.3) is 20.2 Å². The summed E-state index contributed by atoms with van der Waals surface area (Å²) in [6.07, 6.45) is 8.66. The number of anilines is 1. The van der Waals surface area contributed by atoms with Crippen molar-refractivity contribution in [3.63, 3.8) is 0 Å². The fourth-order valence-corrected chi connectivity index (χ4v) is 6.64. The Hall–Kier alpha value is -4.32. The molecule has 244 valence electrons. The first-order chi connectivity index (χ1) is 22.5. The lowest BCUT2D eigenvalue weighted by Gasteiger charge is -2.28. The molecule has 0 unspecified atom stereocenters. The van der Waals surface area contributed by atoms with Gasteiger partial charge < -0.3 is 4.90 Å². The second-order valence-electron chi connectivity index (χ2n) is 11.3. The number of hydrogen-bond donors (Lipinski definition) is 2. The first-order valence-electron chi connectivity index (χ1n) is 15.3. The highest BCUT2D eigenvalue weighted by Crippen LogP contribution is 2.32. The van der Waals surface area contributed by atoms with E-state index in [4.69, 9.17) is 0 Å². The van der Waals surface area contributed by atoms with Crippen LogP contribution in [0.4, 0.5) is 5.69 Å². The van der Waals surface area contributed by atoms with Gasteiger partial charge in [0, 0.05) is 31.4 Å². The minimum atomic E-state index is -4.23. The van der Waals surface area contributed by atoms with Gasteiger partial charge in [-0.1, -0.05) is 98.0 Å². The van der Waals surface area contributed by atoms with Crippen LogP contribution in [0.5, 0.6) is 0 Å². The SMILES string of the molecule is CCN(Cc1ccc(S(=O)(=O)O)cc1)c1ccc(C(=C2C=CC(N(CC)Cc3ccc(S(=O)(=O)O)cc3)C=C2)c2ccccc2)cc1. The molecule has 0 radical (unpaired) electrons. The van der Waals surface area contributed by atoms with E-state index >= 15 is 0 Å². The molecule has 1 aliphatic carbocycles. The maximum Gasteiger partial charge on any atom is 0.294 e. The molecule has 0 spiro atoms. The molecule has 0 atom stereocenters. The lowest BCUT2D eigenvalue weighted by Crippen LogP contribution is -2.32. The van der Waals surface area contributed by atoms with E-state index in [-0.39, 0.29) is 15.8 Å². The Morgan fingerprint density at radius 2 is 1.11 bits per heavy atom. The molecular formula is C37H38N2O6S2. The maximum absolute atomic E-state index is 11.4. The van der Waals surface area contributed by atoms with Crippen LogP contribution in [0.1, 0.15) is 36.1 Å². The van der Waals surface area contributed by atoms with Crippen molar-refractivity contribution in [1.29, 1.82) is 0 Å². The lowest BCUT2D eigenvalue weighted by molar-refractivity contribution is 0.264. The Morgan fingerprint density at radius 1 is 0.617 bits per heavy atom. The van der Waals surface area contributed by atoms with E-state index in [0.717, 1.165) is 52.2 Å². The summed E-state index contributed by atoms with van der Waals surface area (Å²) in [6.45, 7) is 6.89. The van der Waals surface area contributed by atoms with Gasteiger partial charge in [0.05, 0.1) is 9.79 Å². The van der Waals surface area contributed by atoms with Crippen molar-refractivity contribution < 1.29 is 25.9 Å². The van der Waals surface area contributed by atoms with E-state index < -0.39 is 20.2 Å². The molecule has 0 saturated carbocycles. The van der Waals surface area contributed by atoms with E-state index in [1.54, 1.807) is 24.3 Å². The van der Waals surface area contributed by atoms with Crippen LogP contribution in [0.3, 0.4) is 0 Å². The number of allylic oxidation sites excluding steroid dienone is 3. The highest BCUT2D eigenvalue weighted by atomic mass is 32.2. The van der Waals surface area contributed by atoms with Crippen LogP contribution in [-0.4, -0.2) is 50.0 Å². The van der Waals surface area contributed by atoms with E-state index in [2.05, 4.69) is 84.3 Å². The summed E-state index contributed by atoms with van der Waals surface area (Å²) in [4.78, 5) is 4.23. The molecule has 0 amide bonds. The number of nitrogens with zero attached hydrogens (tertiary/aromatic N) is 2. The van der Waals surface area contributed by atoms with Crippen molar-refractivity contribution in [2.24, 2.45) is 0 Å². The predicted octanol–water partition coefficient (Wildman–Crippen LogP) is 7.03. The minimum Gasteiger partial charge on any atom is -0.367 e. The third-order valence-electron chi connectivity index (χ3n) is 8.23. The van der Waals surface area contributed by atoms with Gasteiger partial charge in [0.2, 0.25) is 0 Å². The third kappa shape index (κ3) is 8.54. The van der Waals surface area contributed by atoms with Crippen LogP contribution in [0.15, 0.2) is 143 Å². The van der Waals surface area contributed by atoms with E-state index in [0.29, 0.717) is 13.1 Å². The Labute approximate surface area is 277 Å². The molecule has 1 aliphatic rings. The van der Waals surface area contributed by atoms with Gasteiger partial charge in [-0.05, 0) is 83.3 Å². The summed E-state index contributed by atoms with van der Waals surface area (Å²) < 4.78 is 64.3. The summed E-state index contributed by atoms with van der Waals surface area (Å²) in [6, 6.07) is 31.3. The second-order valence-corrected chi connectivity index (χ2v) is 14.1. The molecule has 0 aromatic heterocycles. The average molecular weight is 671 g/mol. The molecule has 0 saturated heterocycles. The smallest absolute Gasteiger partial charge is 0.294 e. The van der Waals surface area contributed by atoms with Gasteiger partial charge in [0.1, 0.15) is 0 Å². The molecule has 0 fully saturated rings. The topological polar surface area (TPSA) is 115 Å². The van der Waals surface area contributed by atoms with Crippen LogP contribution in [0, 0.1) is 0 Å². The predicted molar refractivity (Wildman–Crippen MR) is 186 cm³/mol. The van der Waals surface area contributed by atoms with Gasteiger partial charge in [-0.2, -0.15) is 16.8 Å². The molecule has 4 aromatic carbocycles. The van der Waals surface area contributed by atoms with Crippen molar-refractivity contribution in [3.8, 4) is 0 Å². The van der Waals surface area contributed by atoms with Gasteiger partial charge in [-0.15, -0.1) is 0 Å². The quantitative estimate of drug-likeness (QED) is 0.155. The molecule has 47 heavy (non-hydrogen) atoms. The van der Waals surface area contributed by atoms with E-state index in [9.17, 15) is 25.9 Å². The fraction of sp³-hybridized carbons (Fsp3) is 0.189. The van der Waals surface area contributed by atoms with Crippen LogP contribution < -0.4 is 4.90 Å². The zero-order chi connectivity index (χ0) is 33.6. The summed E-state index contributed by atoms with van der Waals surface area (Å²) in [5, 5.41) is 0. The Balaban J connectivity index is 1.37. The average Bonchev–Trinajstić information content (AvgIpc) is 3.07. The molecule has 4 aromatic rings. The van der Waals surface area contributed by atoms with Crippen molar-refractivity contribution in [2.75, 3.05) is 18.0 Å². The van der Waals surface area contributed by atoms with Crippen molar-refractivity contribution in [2.45, 2.75) is 42.8 Å². The molecule has 0 aliphatic heterocycles. The van der Waals surface area contributed by atoms with Gasteiger partial charge in [-0.3, -0.25) is 14.0 Å². The van der Waals surface area contributed by atoms with Gasteiger partial charge in [0.15, 0.2) is 0 Å². The Kier molecular flexibility index (Phi) is 10.6. The molecule has 10 heteroatoms. The monoisotopic (exact) mass is 670 g/mol. The standard InChI is InChI=1S/C37H38N2O6S2/c1-3-38(26-28-10-22-35(23-11-28)46(40,41)42)33-18-14-31(15-19-33)37(30-8-6-5-7-9-30)32-16-20-34(21-17-32)39(4-2)27-29-12-24-36(25-13-29)47(43,44)45/h5-25,33H,3-4,26-27H2,1-2H3,(H,40,41,42)(H,43,44,45). The van der Waals surface area contributed by atoms with Crippen molar-refractivity contribution >= 4 is 31.5 Å². The Morgan fingerprint density at radius 3 is 1.57 bits per heavy atom. The molecule has 2 N–H and O–H groups in total. The highest BCUT2D eigenvalue weighted by molar-refractivity contribution is 7.86. The van der Waals surface area contributed by atoms with Crippen LogP contribution in [0.2, 0.25) is 0 Å². The molecule has 5 rings (SSSR count). The van der Waals surface area contributed by atoms with Crippen LogP contribution in [-0.2, 0) is 33.3 Å². The normalized spacial score (nSPS) is 14.8.